The van der Waals surface area contributed by atoms with Gasteiger partial charge in [0.25, 0.3) is 5.91 Å². The highest BCUT2D eigenvalue weighted by atomic mass is 35.5. The predicted octanol–water partition coefficient (Wildman–Crippen LogP) is 3.65. The van der Waals surface area contributed by atoms with Crippen molar-refractivity contribution in [2.24, 2.45) is 23.2 Å². The first-order valence-corrected chi connectivity index (χ1v) is 10.5. The van der Waals surface area contributed by atoms with Gasteiger partial charge in [0.2, 0.25) is 0 Å². The number of alkyl halides is 2. The summed E-state index contributed by atoms with van der Waals surface area (Å²) in [7, 11) is -4.86. The quantitative estimate of drug-likeness (QED) is 0.736. The first kappa shape index (κ1) is 19.6. The monoisotopic (exact) mass is 403 g/mol. The van der Waals surface area contributed by atoms with E-state index in [0.29, 0.717) is 11.8 Å². The first-order chi connectivity index (χ1) is 12.0. The molecule has 1 N–H and O–H groups in total. The van der Waals surface area contributed by atoms with Crippen LogP contribution in [-0.4, -0.2) is 25.6 Å². The molecule has 0 saturated heterocycles. The number of hydrogen-bond donors (Lipinski definition) is 1. The summed E-state index contributed by atoms with van der Waals surface area (Å²) in [5, 5.41) is 0. The molecule has 3 saturated carbocycles. The summed E-state index contributed by atoms with van der Waals surface area (Å²) in [6.07, 6.45) is 2.94. The van der Waals surface area contributed by atoms with E-state index in [0.717, 1.165) is 19.3 Å². The van der Waals surface area contributed by atoms with Crippen molar-refractivity contribution in [1.29, 1.82) is 0 Å². The van der Waals surface area contributed by atoms with Gasteiger partial charge in [-0.1, -0.05) is 32.0 Å². The third kappa shape index (κ3) is 3.49. The van der Waals surface area contributed by atoms with Gasteiger partial charge in [-0.2, -0.15) is 12.8 Å². The second-order valence-electron chi connectivity index (χ2n) is 7.77. The fourth-order valence-electron chi connectivity index (χ4n) is 4.27. The van der Waals surface area contributed by atoms with E-state index in [1.165, 1.54) is 12.1 Å². The van der Waals surface area contributed by atoms with Crippen molar-refractivity contribution in [3.63, 3.8) is 0 Å². The summed E-state index contributed by atoms with van der Waals surface area (Å²) in [5.74, 6) is 0.139. The van der Waals surface area contributed by atoms with E-state index in [4.69, 9.17) is 16.3 Å². The number of amides is 1. The van der Waals surface area contributed by atoms with Gasteiger partial charge in [-0.25, -0.2) is 4.72 Å². The molecule has 5 nitrogen and oxygen atoms in total. The summed E-state index contributed by atoms with van der Waals surface area (Å²) in [6, 6.07) is 7.64. The Morgan fingerprint density at radius 2 is 2.00 bits per heavy atom. The highest BCUT2D eigenvalue weighted by molar-refractivity contribution is 7.92. The molecule has 3 fully saturated rings. The van der Waals surface area contributed by atoms with Gasteiger partial charge in [-0.15, -0.1) is 0 Å². The van der Waals surface area contributed by atoms with Gasteiger partial charge in [-0.3, -0.25) is 4.79 Å². The maximum Gasteiger partial charge on any atom is 0.409 e. The molecule has 0 aliphatic heterocycles. The van der Waals surface area contributed by atoms with Gasteiger partial charge >= 0.3 is 14.7 Å². The van der Waals surface area contributed by atoms with Gasteiger partial charge in [-0.05, 0) is 66.2 Å². The molecule has 8 heteroatoms. The Labute approximate surface area is 158 Å². The molecule has 1 unspecified atom stereocenters. The van der Waals surface area contributed by atoms with Crippen LogP contribution in [0.3, 0.4) is 0 Å². The van der Waals surface area contributed by atoms with Crippen LogP contribution in [-0.2, 0) is 14.8 Å². The maximum absolute atomic E-state index is 14.6. The van der Waals surface area contributed by atoms with E-state index >= 15 is 0 Å². The largest absolute Gasteiger partial charge is 0.409 e. The molecule has 0 radical (unpaired) electrons. The highest BCUT2D eigenvalue weighted by Crippen LogP contribution is 2.61. The number of sulfonamides is 1. The molecule has 4 rings (SSSR count). The van der Waals surface area contributed by atoms with Crippen LogP contribution in [0.2, 0.25) is 0 Å². The molecular weight excluding hydrogens is 381 g/mol. The average Bonchev–Trinajstić information content (AvgIpc) is 2.60. The molecule has 2 bridgehead atoms. The number of carbonyl (C=O) groups is 1. The van der Waals surface area contributed by atoms with Crippen LogP contribution in [0.25, 0.3) is 0 Å². The molecule has 0 heterocycles. The zero-order chi connectivity index (χ0) is 19.2. The Bertz CT molecular complexity index is 780. The Morgan fingerprint density at radius 3 is 2.58 bits per heavy atom. The van der Waals surface area contributed by atoms with Crippen molar-refractivity contribution in [2.75, 3.05) is 6.61 Å². The number of nitrogens with one attached hydrogen (secondary N) is 1. The number of hydrogen-bond acceptors (Lipinski definition) is 4. The van der Waals surface area contributed by atoms with Crippen molar-refractivity contribution in [3.8, 4) is 0 Å². The molecule has 144 valence electrons. The molecule has 1 amide bonds. The maximum atomic E-state index is 14.6. The summed E-state index contributed by atoms with van der Waals surface area (Å²) in [6.45, 7) is 4.26. The number of halogens is 2. The number of ether oxygens (including phenoxy) is 1. The number of benzene rings is 1. The van der Waals surface area contributed by atoms with E-state index in [1.54, 1.807) is 22.9 Å². The van der Waals surface area contributed by atoms with E-state index in [9.17, 15) is 17.6 Å². The first-order valence-electron chi connectivity index (χ1n) is 8.68. The minimum atomic E-state index is -4.86. The number of fused-ring (bicyclic) bond motifs is 2. The van der Waals surface area contributed by atoms with Gasteiger partial charge in [0.05, 0.1) is 6.61 Å². The fourth-order valence-corrected chi connectivity index (χ4v) is 5.16. The van der Waals surface area contributed by atoms with Crippen LogP contribution in [0.1, 0.15) is 43.5 Å². The van der Waals surface area contributed by atoms with E-state index in [1.807, 2.05) is 0 Å². The lowest BCUT2D eigenvalue weighted by atomic mass is 9.46. The normalized spacial score (nSPS) is 29.3. The number of carbonyl (C=O) groups excluding carboxylic acids is 1. The summed E-state index contributed by atoms with van der Waals surface area (Å²) in [4.78, 5) is 12.0. The van der Waals surface area contributed by atoms with E-state index < -0.39 is 20.6 Å². The van der Waals surface area contributed by atoms with Crippen molar-refractivity contribution in [2.45, 2.75) is 37.8 Å². The van der Waals surface area contributed by atoms with Crippen molar-refractivity contribution in [1.82, 2.24) is 4.72 Å². The molecule has 0 spiro atoms. The van der Waals surface area contributed by atoms with Crippen LogP contribution in [0.4, 0.5) is 4.39 Å². The van der Waals surface area contributed by atoms with Crippen molar-refractivity contribution >= 4 is 27.5 Å². The summed E-state index contributed by atoms with van der Waals surface area (Å²) >= 11 is 5.52. The molecule has 1 aromatic carbocycles. The van der Waals surface area contributed by atoms with E-state index in [2.05, 4.69) is 13.8 Å². The van der Waals surface area contributed by atoms with Crippen LogP contribution in [0.5, 0.6) is 0 Å². The Kier molecular flexibility index (Phi) is 5.09. The number of rotatable bonds is 6. The van der Waals surface area contributed by atoms with Crippen molar-refractivity contribution in [3.05, 3.63) is 35.9 Å². The standard InChI is InChI=1S/C18H23ClFNO4S/c1-17(2)14-9-8-13(15(17)10-14)11-25-18(19,20)26(23,24)21-16(22)12-6-4-3-5-7-12/h3-7,13-15H,8-11H2,1-2H3,(H,21,22)/t13-,14-,15-,18?/m0/s1. The van der Waals surface area contributed by atoms with Gasteiger partial charge in [0.15, 0.2) is 0 Å². The summed E-state index contributed by atoms with van der Waals surface area (Å²) < 4.78 is 42.0. The highest BCUT2D eigenvalue weighted by Gasteiger charge is 2.55. The molecule has 3 aliphatic carbocycles. The SMILES string of the molecule is CC1(C)[C@H]2CC[C@@H](COC(F)(Cl)S(=O)(=O)NC(=O)c3ccccc3)[C@@H]1C2. The second kappa shape index (κ2) is 6.77. The van der Waals surface area contributed by atoms with Crippen LogP contribution in [0.15, 0.2) is 30.3 Å². The van der Waals surface area contributed by atoms with Crippen LogP contribution in [0, 0.1) is 23.2 Å². The zero-order valence-corrected chi connectivity index (χ0v) is 16.3. The average molecular weight is 404 g/mol. The molecule has 1 aromatic rings. The fraction of sp³-hybridized carbons (Fsp3) is 0.611. The van der Waals surface area contributed by atoms with Gasteiger partial charge in [0.1, 0.15) is 0 Å². The topological polar surface area (TPSA) is 72.5 Å². The van der Waals surface area contributed by atoms with Crippen molar-refractivity contribution < 1.29 is 22.3 Å². The Hall–Kier alpha value is -1.18. The predicted molar refractivity (Wildman–Crippen MR) is 96.6 cm³/mol. The second-order valence-corrected chi connectivity index (χ2v) is 10.2. The molecule has 26 heavy (non-hydrogen) atoms. The van der Waals surface area contributed by atoms with E-state index in [-0.39, 0.29) is 23.5 Å². The lowest BCUT2D eigenvalue weighted by Crippen LogP contribution is -2.54. The third-order valence-corrected chi connectivity index (χ3v) is 7.96. The van der Waals surface area contributed by atoms with Gasteiger partial charge in [0, 0.05) is 5.56 Å². The lowest BCUT2D eigenvalue weighted by molar-refractivity contribution is -0.139. The Balaban J connectivity index is 1.62. The Morgan fingerprint density at radius 1 is 1.35 bits per heavy atom. The smallest absolute Gasteiger partial charge is 0.320 e. The molecule has 3 aliphatic rings. The third-order valence-electron chi connectivity index (χ3n) is 6.04. The molecule has 0 aromatic heterocycles. The van der Waals surface area contributed by atoms with Gasteiger partial charge < -0.3 is 4.74 Å². The molecular formula is C18H23ClFNO4S. The lowest BCUT2D eigenvalue weighted by Gasteiger charge is -2.60. The summed E-state index contributed by atoms with van der Waals surface area (Å²) in [5.41, 5.74) is 0.246. The van der Waals surface area contributed by atoms with Crippen LogP contribution >= 0.6 is 11.6 Å². The molecule has 4 atom stereocenters. The zero-order valence-electron chi connectivity index (χ0n) is 14.7. The van der Waals surface area contributed by atoms with Crippen LogP contribution < -0.4 is 4.72 Å². The minimum Gasteiger partial charge on any atom is -0.320 e. The minimum absolute atomic E-state index is 0.0592.